The third-order valence-electron chi connectivity index (χ3n) is 6.77. The van der Waals surface area contributed by atoms with Crippen LogP contribution in [0.1, 0.15) is 25.1 Å². The first-order valence-electron chi connectivity index (χ1n) is 12.8. The minimum absolute atomic E-state index is 0.0592. The number of hydrogen-bond donors (Lipinski definition) is 2. The van der Waals surface area contributed by atoms with Gasteiger partial charge in [0.2, 0.25) is 5.91 Å². The topological polar surface area (TPSA) is 95.6 Å². The van der Waals surface area contributed by atoms with Crippen molar-refractivity contribution in [3.63, 3.8) is 0 Å². The molecular weight excluding hydrogens is 513 g/mol. The number of aromatic nitrogens is 3. The third kappa shape index (κ3) is 6.69. The summed E-state index contributed by atoms with van der Waals surface area (Å²) in [6.45, 7) is 7.67. The fourth-order valence-electron chi connectivity index (χ4n) is 4.68. The zero-order chi connectivity index (χ0) is 27.6. The molecule has 0 aliphatic carbocycles. The van der Waals surface area contributed by atoms with E-state index in [9.17, 15) is 18.0 Å². The number of anilines is 2. The van der Waals surface area contributed by atoms with Gasteiger partial charge in [-0.05, 0) is 43.7 Å². The fraction of sp³-hybridized carbons (Fsp3) is 0.444. The molecule has 1 aromatic carbocycles. The lowest BCUT2D eigenvalue weighted by Gasteiger charge is -2.36. The first-order valence-corrected chi connectivity index (χ1v) is 12.8. The van der Waals surface area contributed by atoms with Gasteiger partial charge in [-0.1, -0.05) is 12.1 Å². The van der Waals surface area contributed by atoms with Gasteiger partial charge in [-0.25, -0.2) is 9.97 Å². The van der Waals surface area contributed by atoms with Gasteiger partial charge in [0.05, 0.1) is 19.2 Å². The number of hydrogen-bond acceptors (Lipinski definition) is 7. The van der Waals surface area contributed by atoms with Gasteiger partial charge in [-0.2, -0.15) is 13.2 Å². The van der Waals surface area contributed by atoms with Crippen LogP contribution < -0.4 is 15.1 Å². The summed E-state index contributed by atoms with van der Waals surface area (Å²) in [5.74, 6) is 0.232. The molecule has 0 saturated carbocycles. The Morgan fingerprint density at radius 3 is 2.36 bits per heavy atom. The highest BCUT2D eigenvalue weighted by molar-refractivity contribution is 5.78. The Hall–Kier alpha value is -3.64. The second kappa shape index (κ2) is 10.9. The highest BCUT2D eigenvalue weighted by atomic mass is 19.4. The van der Waals surface area contributed by atoms with E-state index in [1.807, 2.05) is 38.1 Å². The van der Waals surface area contributed by atoms with Crippen LogP contribution in [-0.2, 0) is 26.9 Å². The molecule has 208 valence electrons. The number of nitrogens with one attached hydrogen (secondary N) is 2. The molecule has 1 atom stereocenters. The minimum atomic E-state index is -4.47. The Morgan fingerprint density at radius 1 is 1.05 bits per heavy atom. The standard InChI is InChI=1S/C27H31F3N6O3/c1-26(2)38-17-21(39-26)15-32-24(37)13-18-3-6-20(7-4-18)35-9-11-36(12-10-35)23-8-5-19(14-31-23)25-33-16-22(34-25)27(28,29)30/h3-8,14,16,21H,9-13,15,17H2,1-2H3,(H,32,37)(H,33,34). The van der Waals surface area contributed by atoms with Crippen LogP contribution in [0.4, 0.5) is 24.7 Å². The maximum Gasteiger partial charge on any atom is 0.432 e. The Bertz CT molecular complexity index is 1270. The monoisotopic (exact) mass is 544 g/mol. The predicted molar refractivity (Wildman–Crippen MR) is 139 cm³/mol. The SMILES string of the molecule is CC1(C)OCC(CNC(=O)Cc2ccc(N3CCN(c4ccc(-c5ncc(C(F)(F)F)[nH]5)cn4)CC3)cc2)O1. The zero-order valence-corrected chi connectivity index (χ0v) is 21.8. The molecule has 0 radical (unpaired) electrons. The second-order valence-corrected chi connectivity index (χ2v) is 10.1. The number of imidazole rings is 1. The van der Waals surface area contributed by atoms with Gasteiger partial charge in [0.15, 0.2) is 5.79 Å². The molecule has 4 heterocycles. The molecule has 5 rings (SSSR count). The predicted octanol–water partition coefficient (Wildman–Crippen LogP) is 3.63. The molecule has 3 aromatic rings. The molecule has 39 heavy (non-hydrogen) atoms. The van der Waals surface area contributed by atoms with Crippen molar-refractivity contribution in [3.8, 4) is 11.4 Å². The molecule has 1 amide bonds. The van der Waals surface area contributed by atoms with Crippen LogP contribution in [0.5, 0.6) is 0 Å². The number of carbonyl (C=O) groups excluding carboxylic acids is 1. The largest absolute Gasteiger partial charge is 0.432 e. The fourth-order valence-corrected chi connectivity index (χ4v) is 4.68. The molecule has 0 spiro atoms. The second-order valence-electron chi connectivity index (χ2n) is 10.1. The van der Waals surface area contributed by atoms with E-state index in [4.69, 9.17) is 9.47 Å². The third-order valence-corrected chi connectivity index (χ3v) is 6.77. The van der Waals surface area contributed by atoms with E-state index < -0.39 is 17.7 Å². The van der Waals surface area contributed by atoms with E-state index in [2.05, 4.69) is 30.1 Å². The molecule has 2 N–H and O–H groups in total. The van der Waals surface area contributed by atoms with Crippen molar-refractivity contribution in [3.05, 3.63) is 60.0 Å². The summed E-state index contributed by atoms with van der Waals surface area (Å²) in [6, 6.07) is 11.5. The lowest BCUT2D eigenvalue weighted by atomic mass is 10.1. The maximum atomic E-state index is 12.8. The molecule has 0 bridgehead atoms. The normalized spacial score (nSPS) is 19.4. The first kappa shape index (κ1) is 26.9. The maximum absolute atomic E-state index is 12.8. The number of rotatable bonds is 7. The summed E-state index contributed by atoms with van der Waals surface area (Å²) in [7, 11) is 0. The average Bonchev–Trinajstić information content (AvgIpc) is 3.55. The van der Waals surface area contributed by atoms with E-state index in [1.165, 1.54) is 6.20 Å². The average molecular weight is 545 g/mol. The van der Waals surface area contributed by atoms with E-state index in [0.29, 0.717) is 25.1 Å². The lowest BCUT2D eigenvalue weighted by molar-refractivity contribution is -0.140. The van der Waals surface area contributed by atoms with Crippen LogP contribution in [0, 0.1) is 0 Å². The highest BCUT2D eigenvalue weighted by Crippen LogP contribution is 2.30. The molecule has 2 aliphatic rings. The van der Waals surface area contributed by atoms with Crippen molar-refractivity contribution in [1.82, 2.24) is 20.3 Å². The van der Waals surface area contributed by atoms with Crippen molar-refractivity contribution < 1.29 is 27.4 Å². The number of ether oxygens (including phenoxy) is 2. The minimum Gasteiger partial charge on any atom is -0.368 e. The molecule has 9 nitrogen and oxygen atoms in total. The number of benzene rings is 1. The van der Waals surface area contributed by atoms with Crippen LogP contribution in [-0.4, -0.2) is 72.1 Å². The van der Waals surface area contributed by atoms with Gasteiger partial charge in [-0.3, -0.25) is 4.79 Å². The van der Waals surface area contributed by atoms with Gasteiger partial charge in [0.25, 0.3) is 0 Å². The van der Waals surface area contributed by atoms with Crippen molar-refractivity contribution in [2.24, 2.45) is 0 Å². The Labute approximate surface area is 224 Å². The van der Waals surface area contributed by atoms with Crippen molar-refractivity contribution in [2.75, 3.05) is 49.1 Å². The van der Waals surface area contributed by atoms with E-state index in [1.54, 1.807) is 12.1 Å². The number of alkyl halides is 3. The summed E-state index contributed by atoms with van der Waals surface area (Å²) < 4.78 is 49.7. The molecule has 2 aromatic heterocycles. The summed E-state index contributed by atoms with van der Waals surface area (Å²) in [5, 5.41) is 2.91. The first-order chi connectivity index (χ1) is 18.6. The van der Waals surface area contributed by atoms with E-state index >= 15 is 0 Å². The number of carbonyl (C=O) groups is 1. The Kier molecular flexibility index (Phi) is 7.50. The lowest BCUT2D eigenvalue weighted by Crippen LogP contribution is -2.46. The number of H-pyrrole nitrogens is 1. The number of amides is 1. The summed E-state index contributed by atoms with van der Waals surface area (Å²) in [4.78, 5) is 27.3. The summed E-state index contributed by atoms with van der Waals surface area (Å²) in [6.07, 6.45) is -1.99. The number of halogens is 3. The van der Waals surface area contributed by atoms with Gasteiger partial charge in [-0.15, -0.1) is 0 Å². The van der Waals surface area contributed by atoms with Crippen LogP contribution in [0.2, 0.25) is 0 Å². The van der Waals surface area contributed by atoms with Crippen molar-refractivity contribution in [2.45, 2.75) is 38.3 Å². The van der Waals surface area contributed by atoms with E-state index in [0.717, 1.165) is 49.4 Å². The summed E-state index contributed by atoms with van der Waals surface area (Å²) in [5.41, 5.74) is 1.62. The van der Waals surface area contributed by atoms with Gasteiger partial charge < -0.3 is 29.6 Å². The number of aromatic amines is 1. The Balaban J connectivity index is 1.09. The molecule has 12 heteroatoms. The highest BCUT2D eigenvalue weighted by Gasteiger charge is 2.33. The smallest absolute Gasteiger partial charge is 0.368 e. The van der Waals surface area contributed by atoms with Crippen LogP contribution in [0.3, 0.4) is 0 Å². The Morgan fingerprint density at radius 2 is 1.77 bits per heavy atom. The number of piperazine rings is 1. The van der Waals surface area contributed by atoms with Crippen molar-refractivity contribution >= 4 is 17.4 Å². The van der Waals surface area contributed by atoms with Gasteiger partial charge in [0, 0.05) is 50.2 Å². The van der Waals surface area contributed by atoms with Crippen LogP contribution >= 0.6 is 0 Å². The summed E-state index contributed by atoms with van der Waals surface area (Å²) >= 11 is 0. The number of nitrogens with zero attached hydrogens (tertiary/aromatic N) is 4. The van der Waals surface area contributed by atoms with Crippen LogP contribution in [0.15, 0.2) is 48.8 Å². The quantitative estimate of drug-likeness (QED) is 0.469. The molecular formula is C27H31F3N6O3. The number of pyridine rings is 1. The van der Waals surface area contributed by atoms with Crippen LogP contribution in [0.25, 0.3) is 11.4 Å². The van der Waals surface area contributed by atoms with Crippen molar-refractivity contribution in [1.29, 1.82) is 0 Å². The molecule has 2 saturated heterocycles. The molecule has 2 aliphatic heterocycles. The van der Waals surface area contributed by atoms with Gasteiger partial charge >= 0.3 is 6.18 Å². The zero-order valence-electron chi connectivity index (χ0n) is 21.8. The molecule has 1 unspecified atom stereocenters. The van der Waals surface area contributed by atoms with E-state index in [-0.39, 0.29) is 17.8 Å². The van der Waals surface area contributed by atoms with Gasteiger partial charge in [0.1, 0.15) is 23.4 Å². The molecule has 2 fully saturated rings.